The van der Waals surface area contributed by atoms with Gasteiger partial charge in [0.2, 0.25) is 0 Å². The highest BCUT2D eigenvalue weighted by Gasteiger charge is 2.05. The molecule has 24 heavy (non-hydrogen) atoms. The van der Waals surface area contributed by atoms with Crippen LogP contribution in [0.4, 0.5) is 4.39 Å². The first-order chi connectivity index (χ1) is 11.6. The van der Waals surface area contributed by atoms with Gasteiger partial charge in [0.05, 0.1) is 0 Å². The summed E-state index contributed by atoms with van der Waals surface area (Å²) in [6, 6.07) is 11.0. The van der Waals surface area contributed by atoms with E-state index in [9.17, 15) is 4.39 Å². The van der Waals surface area contributed by atoms with Crippen LogP contribution in [0.15, 0.2) is 54.9 Å². The lowest BCUT2D eigenvalue weighted by atomic mass is 10.3. The van der Waals surface area contributed by atoms with E-state index in [0.29, 0.717) is 28.1 Å². The molecule has 3 rings (SSSR count). The Kier molecular flexibility index (Phi) is 4.91. The molecular weight excluding hydrogens is 331 g/mol. The molecule has 0 atom stereocenters. The first-order valence-electron chi connectivity index (χ1n) is 7.23. The molecular formula is C18H14ClFN2O2. The quantitative estimate of drug-likeness (QED) is 0.657. The zero-order valence-corrected chi connectivity index (χ0v) is 13.6. The van der Waals surface area contributed by atoms with Gasteiger partial charge in [-0.05, 0) is 31.2 Å². The van der Waals surface area contributed by atoms with Crippen molar-refractivity contribution in [1.29, 1.82) is 0 Å². The summed E-state index contributed by atoms with van der Waals surface area (Å²) in [6.45, 7) is 2.04. The summed E-state index contributed by atoms with van der Waals surface area (Å²) >= 11 is 5.83. The predicted molar refractivity (Wildman–Crippen MR) is 89.0 cm³/mol. The molecule has 122 valence electrons. The molecule has 0 aliphatic carbocycles. The van der Waals surface area contributed by atoms with E-state index in [1.165, 1.54) is 12.1 Å². The van der Waals surface area contributed by atoms with Crippen molar-refractivity contribution in [2.24, 2.45) is 0 Å². The van der Waals surface area contributed by atoms with E-state index < -0.39 is 5.82 Å². The number of aryl methyl sites for hydroxylation is 1. The molecule has 0 amide bonds. The lowest BCUT2D eigenvalue weighted by molar-refractivity contribution is 0.301. The van der Waals surface area contributed by atoms with E-state index >= 15 is 0 Å². The molecule has 0 aliphatic rings. The fourth-order valence-electron chi connectivity index (χ4n) is 1.98. The molecule has 0 saturated heterocycles. The van der Waals surface area contributed by atoms with Crippen molar-refractivity contribution in [1.82, 2.24) is 9.97 Å². The first-order valence-corrected chi connectivity index (χ1v) is 7.60. The topological polar surface area (TPSA) is 44.2 Å². The van der Waals surface area contributed by atoms with Gasteiger partial charge in [-0.3, -0.25) is 0 Å². The Hall–Kier alpha value is -2.66. The number of rotatable bonds is 5. The average molecular weight is 345 g/mol. The molecule has 0 saturated carbocycles. The summed E-state index contributed by atoms with van der Waals surface area (Å²) < 4.78 is 25.0. The maximum absolute atomic E-state index is 13.8. The van der Waals surface area contributed by atoms with Gasteiger partial charge in [0.1, 0.15) is 35.5 Å². The Morgan fingerprint density at radius 2 is 1.62 bits per heavy atom. The third kappa shape index (κ3) is 4.43. The number of ether oxygens (including phenoxy) is 2. The molecule has 0 radical (unpaired) electrons. The lowest BCUT2D eigenvalue weighted by Gasteiger charge is -2.10. The molecule has 2 aromatic carbocycles. The van der Waals surface area contributed by atoms with Gasteiger partial charge in [0.15, 0.2) is 0 Å². The first kappa shape index (κ1) is 16.2. The van der Waals surface area contributed by atoms with E-state index in [-0.39, 0.29) is 6.61 Å². The number of hydrogen-bond donors (Lipinski definition) is 0. The SMILES string of the molecule is Cc1ncc(COc2cc(F)cc(Oc3ccc(Cl)cc3)c2)cn1. The molecule has 3 aromatic rings. The van der Waals surface area contributed by atoms with E-state index in [4.69, 9.17) is 21.1 Å². The molecule has 0 spiro atoms. The summed E-state index contributed by atoms with van der Waals surface area (Å²) in [7, 11) is 0. The predicted octanol–water partition coefficient (Wildman–Crippen LogP) is 4.95. The fraction of sp³-hybridized carbons (Fsp3) is 0.111. The fourth-order valence-corrected chi connectivity index (χ4v) is 2.10. The average Bonchev–Trinajstić information content (AvgIpc) is 2.56. The number of halogens is 2. The van der Waals surface area contributed by atoms with Crippen molar-refractivity contribution in [2.75, 3.05) is 0 Å². The largest absolute Gasteiger partial charge is 0.489 e. The zero-order valence-electron chi connectivity index (χ0n) is 12.9. The van der Waals surface area contributed by atoms with Gasteiger partial charge in [-0.2, -0.15) is 0 Å². The maximum Gasteiger partial charge on any atom is 0.134 e. The lowest BCUT2D eigenvalue weighted by Crippen LogP contribution is -1.99. The van der Waals surface area contributed by atoms with Gasteiger partial charge in [0, 0.05) is 41.2 Å². The summed E-state index contributed by atoms with van der Waals surface area (Å²) in [5.74, 6) is 1.50. The third-order valence-electron chi connectivity index (χ3n) is 3.13. The van der Waals surface area contributed by atoms with Crippen LogP contribution in [0.5, 0.6) is 17.2 Å². The van der Waals surface area contributed by atoms with Crippen LogP contribution >= 0.6 is 11.6 Å². The van der Waals surface area contributed by atoms with Crippen molar-refractivity contribution in [3.8, 4) is 17.2 Å². The summed E-state index contributed by atoms with van der Waals surface area (Å²) in [4.78, 5) is 8.18. The van der Waals surface area contributed by atoms with Crippen LogP contribution in [-0.2, 0) is 6.61 Å². The van der Waals surface area contributed by atoms with Gasteiger partial charge in [-0.25, -0.2) is 14.4 Å². The molecule has 0 N–H and O–H groups in total. The van der Waals surface area contributed by atoms with Gasteiger partial charge < -0.3 is 9.47 Å². The molecule has 0 fully saturated rings. The second kappa shape index (κ2) is 7.27. The standard InChI is InChI=1S/C18H14ClFN2O2/c1-12-21-9-13(10-22-12)11-23-17-6-15(20)7-18(8-17)24-16-4-2-14(19)3-5-16/h2-10H,11H2,1H3. The van der Waals surface area contributed by atoms with E-state index in [0.717, 1.165) is 5.56 Å². The minimum Gasteiger partial charge on any atom is -0.489 e. The minimum absolute atomic E-state index is 0.240. The minimum atomic E-state index is -0.448. The van der Waals surface area contributed by atoms with Crippen molar-refractivity contribution in [3.05, 3.63) is 77.1 Å². The Labute approximate surface area is 143 Å². The maximum atomic E-state index is 13.8. The van der Waals surface area contributed by atoms with E-state index in [1.54, 1.807) is 49.6 Å². The van der Waals surface area contributed by atoms with Crippen molar-refractivity contribution >= 4 is 11.6 Å². The van der Waals surface area contributed by atoms with Crippen molar-refractivity contribution in [2.45, 2.75) is 13.5 Å². The molecule has 0 unspecified atom stereocenters. The number of nitrogens with zero attached hydrogens (tertiary/aromatic N) is 2. The number of benzene rings is 2. The second-order valence-corrected chi connectivity index (χ2v) is 5.54. The molecule has 0 aliphatic heterocycles. The van der Waals surface area contributed by atoms with E-state index in [1.807, 2.05) is 0 Å². The Morgan fingerprint density at radius 3 is 2.33 bits per heavy atom. The van der Waals surface area contributed by atoms with Gasteiger partial charge in [0.25, 0.3) is 0 Å². The van der Waals surface area contributed by atoms with Gasteiger partial charge >= 0.3 is 0 Å². The normalized spacial score (nSPS) is 10.5. The number of aromatic nitrogens is 2. The zero-order chi connectivity index (χ0) is 16.9. The van der Waals surface area contributed by atoms with Gasteiger partial charge in [-0.1, -0.05) is 11.6 Å². The molecule has 0 bridgehead atoms. The molecule has 4 nitrogen and oxygen atoms in total. The smallest absolute Gasteiger partial charge is 0.134 e. The van der Waals surface area contributed by atoms with Crippen LogP contribution in [-0.4, -0.2) is 9.97 Å². The van der Waals surface area contributed by atoms with Gasteiger partial charge in [-0.15, -0.1) is 0 Å². The Morgan fingerprint density at radius 1 is 0.958 bits per heavy atom. The second-order valence-electron chi connectivity index (χ2n) is 5.11. The van der Waals surface area contributed by atoms with Crippen LogP contribution in [0.1, 0.15) is 11.4 Å². The third-order valence-corrected chi connectivity index (χ3v) is 3.39. The summed E-state index contributed by atoms with van der Waals surface area (Å²) in [5.41, 5.74) is 0.796. The molecule has 6 heteroatoms. The highest BCUT2D eigenvalue weighted by molar-refractivity contribution is 6.30. The Bertz CT molecular complexity index is 823. The summed E-state index contributed by atoms with van der Waals surface area (Å²) in [5, 5.41) is 0.603. The monoisotopic (exact) mass is 344 g/mol. The summed E-state index contributed by atoms with van der Waals surface area (Å²) in [6.07, 6.45) is 3.35. The van der Waals surface area contributed by atoms with Crippen molar-refractivity contribution in [3.63, 3.8) is 0 Å². The van der Waals surface area contributed by atoms with Crippen LogP contribution in [0.3, 0.4) is 0 Å². The highest BCUT2D eigenvalue weighted by Crippen LogP contribution is 2.28. The van der Waals surface area contributed by atoms with Crippen LogP contribution < -0.4 is 9.47 Å². The van der Waals surface area contributed by atoms with Crippen LogP contribution in [0.25, 0.3) is 0 Å². The van der Waals surface area contributed by atoms with Crippen LogP contribution in [0, 0.1) is 12.7 Å². The van der Waals surface area contributed by atoms with E-state index in [2.05, 4.69) is 9.97 Å². The Balaban J connectivity index is 1.71. The molecule has 1 heterocycles. The number of hydrogen-bond acceptors (Lipinski definition) is 4. The molecule has 1 aromatic heterocycles. The van der Waals surface area contributed by atoms with Crippen LogP contribution in [0.2, 0.25) is 5.02 Å². The highest BCUT2D eigenvalue weighted by atomic mass is 35.5. The van der Waals surface area contributed by atoms with Crippen molar-refractivity contribution < 1.29 is 13.9 Å².